The Morgan fingerprint density at radius 3 is 2.61 bits per heavy atom. The monoisotopic (exact) mass is 513 g/mol. The van der Waals surface area contributed by atoms with Gasteiger partial charge >= 0.3 is 6.01 Å². The van der Waals surface area contributed by atoms with E-state index in [2.05, 4.69) is 27.1 Å². The number of phenols is 1. The van der Waals surface area contributed by atoms with Crippen molar-refractivity contribution in [3.05, 3.63) is 54.3 Å². The molecular formula is C30H32FN5O2. The minimum absolute atomic E-state index is 0.0996. The highest BCUT2D eigenvalue weighted by Crippen LogP contribution is 2.39. The zero-order chi connectivity index (χ0) is 25.8. The summed E-state index contributed by atoms with van der Waals surface area (Å²) >= 11 is 0. The molecule has 2 N–H and O–H groups in total. The van der Waals surface area contributed by atoms with E-state index in [0.717, 1.165) is 61.9 Å². The highest BCUT2D eigenvalue weighted by Gasteiger charge is 2.34. The van der Waals surface area contributed by atoms with Crippen LogP contribution in [-0.4, -0.2) is 71.4 Å². The van der Waals surface area contributed by atoms with Gasteiger partial charge in [-0.05, 0) is 73.8 Å². The van der Waals surface area contributed by atoms with Crippen molar-refractivity contribution in [2.75, 3.05) is 38.2 Å². The molecule has 8 heteroatoms. The molecule has 7 nitrogen and oxygen atoms in total. The number of likely N-dealkylation sites (N-methyl/N-ethyl adjacent to an activating group) is 1. The van der Waals surface area contributed by atoms with Crippen LogP contribution >= 0.6 is 0 Å². The van der Waals surface area contributed by atoms with Gasteiger partial charge in [0.15, 0.2) is 5.82 Å². The van der Waals surface area contributed by atoms with E-state index in [4.69, 9.17) is 9.72 Å². The van der Waals surface area contributed by atoms with E-state index >= 15 is 4.39 Å². The summed E-state index contributed by atoms with van der Waals surface area (Å²) in [6.07, 6.45) is 4.50. The van der Waals surface area contributed by atoms with Crippen LogP contribution in [0.25, 0.3) is 32.8 Å². The number of fused-ring (bicyclic) bond motifs is 4. The van der Waals surface area contributed by atoms with E-state index in [1.165, 1.54) is 0 Å². The number of aromatic hydroxyl groups is 1. The summed E-state index contributed by atoms with van der Waals surface area (Å²) in [5.41, 5.74) is 1.28. The minimum Gasteiger partial charge on any atom is -0.508 e. The minimum atomic E-state index is -0.428. The molecule has 0 unspecified atom stereocenters. The van der Waals surface area contributed by atoms with Gasteiger partial charge in [-0.3, -0.25) is 0 Å². The number of halogens is 1. The molecule has 2 bridgehead atoms. The molecule has 3 saturated heterocycles. The average Bonchev–Trinajstić information content (AvgIpc) is 3.50. The summed E-state index contributed by atoms with van der Waals surface area (Å²) in [6.45, 7) is 3.19. The standard InChI is InChI=1S/C30H32FN5O2/c1-35-12-4-6-21(35)17-38-30-33-28-25(29(34-30)36-15-19-8-9-20(16-36)32-19)11-10-24(27(28)31)26-14-22(37)13-18-5-2-3-7-23(18)26/h2-3,5,7,10-11,13-14,19-21,32,37H,4,6,8-9,12,15-17H2,1H3/t19-,20+,21-/m0/s1. The van der Waals surface area contributed by atoms with E-state index in [1.807, 2.05) is 30.3 Å². The molecule has 3 aliphatic heterocycles. The predicted molar refractivity (Wildman–Crippen MR) is 147 cm³/mol. The topological polar surface area (TPSA) is 73.8 Å². The SMILES string of the molecule is CN1CCC[C@H]1COc1nc(N2C[C@H]3CC[C@@H](C2)N3)c2ccc(-c3cc(O)cc4ccccc34)c(F)c2n1. The first-order chi connectivity index (χ1) is 18.5. The fourth-order valence-corrected chi connectivity index (χ4v) is 6.49. The molecule has 38 heavy (non-hydrogen) atoms. The molecule has 0 amide bonds. The molecular weight excluding hydrogens is 481 g/mol. The molecule has 0 radical (unpaired) electrons. The molecule has 7 rings (SSSR count). The lowest BCUT2D eigenvalue weighted by Crippen LogP contribution is -2.51. The van der Waals surface area contributed by atoms with Gasteiger partial charge in [-0.1, -0.05) is 30.3 Å². The van der Waals surface area contributed by atoms with Crippen LogP contribution < -0.4 is 15.0 Å². The predicted octanol–water partition coefficient (Wildman–Crippen LogP) is 4.71. The van der Waals surface area contributed by atoms with Crippen LogP contribution in [-0.2, 0) is 0 Å². The molecule has 3 atom stereocenters. The van der Waals surface area contributed by atoms with Gasteiger partial charge in [-0.2, -0.15) is 9.97 Å². The Balaban J connectivity index is 1.36. The molecule has 3 aromatic carbocycles. The van der Waals surface area contributed by atoms with Crippen molar-refractivity contribution in [2.24, 2.45) is 0 Å². The molecule has 196 valence electrons. The number of piperazine rings is 1. The van der Waals surface area contributed by atoms with Gasteiger partial charge in [0.1, 0.15) is 23.7 Å². The van der Waals surface area contributed by atoms with Gasteiger partial charge in [-0.15, -0.1) is 0 Å². The second kappa shape index (κ2) is 9.36. The third kappa shape index (κ3) is 4.12. The number of nitrogens with zero attached hydrogens (tertiary/aromatic N) is 4. The molecule has 1 aromatic heterocycles. The number of ether oxygens (including phenoxy) is 1. The Kier molecular flexibility index (Phi) is 5.82. The molecule has 0 saturated carbocycles. The number of benzene rings is 3. The van der Waals surface area contributed by atoms with Crippen molar-refractivity contribution >= 4 is 27.5 Å². The Morgan fingerprint density at radius 2 is 1.82 bits per heavy atom. The Labute approximate surface area is 221 Å². The van der Waals surface area contributed by atoms with Crippen LogP contribution in [0.5, 0.6) is 11.8 Å². The average molecular weight is 514 g/mol. The fraction of sp³-hybridized carbons (Fsp3) is 0.400. The van der Waals surface area contributed by atoms with Gasteiger partial charge in [-0.25, -0.2) is 4.39 Å². The molecule has 3 fully saturated rings. The van der Waals surface area contributed by atoms with E-state index < -0.39 is 5.82 Å². The molecule has 0 aliphatic carbocycles. The van der Waals surface area contributed by atoms with Crippen molar-refractivity contribution < 1.29 is 14.2 Å². The first-order valence-electron chi connectivity index (χ1n) is 13.6. The number of rotatable bonds is 5. The van der Waals surface area contributed by atoms with Crippen LogP contribution in [0.1, 0.15) is 25.7 Å². The van der Waals surface area contributed by atoms with Gasteiger partial charge in [0.25, 0.3) is 0 Å². The summed E-state index contributed by atoms with van der Waals surface area (Å²) in [4.78, 5) is 14.0. The first kappa shape index (κ1) is 23.6. The second-order valence-corrected chi connectivity index (χ2v) is 11.0. The third-order valence-electron chi connectivity index (χ3n) is 8.50. The van der Waals surface area contributed by atoms with Crippen molar-refractivity contribution in [1.82, 2.24) is 20.2 Å². The maximum Gasteiger partial charge on any atom is 0.319 e. The lowest BCUT2D eigenvalue weighted by molar-refractivity contribution is 0.188. The Bertz CT molecular complexity index is 1520. The summed E-state index contributed by atoms with van der Waals surface area (Å²) in [5.74, 6) is 0.403. The number of nitrogens with one attached hydrogen (secondary N) is 1. The zero-order valence-electron chi connectivity index (χ0n) is 21.5. The molecule has 0 spiro atoms. The molecule has 3 aliphatic rings. The van der Waals surface area contributed by atoms with Crippen molar-refractivity contribution in [3.63, 3.8) is 0 Å². The number of aromatic nitrogens is 2. The quantitative estimate of drug-likeness (QED) is 0.401. The number of hydrogen-bond acceptors (Lipinski definition) is 7. The van der Waals surface area contributed by atoms with Crippen LogP contribution in [0.4, 0.5) is 10.2 Å². The van der Waals surface area contributed by atoms with Gasteiger partial charge in [0, 0.05) is 42.2 Å². The van der Waals surface area contributed by atoms with E-state index in [-0.39, 0.29) is 17.3 Å². The van der Waals surface area contributed by atoms with Crippen LogP contribution in [0.2, 0.25) is 0 Å². The van der Waals surface area contributed by atoms with Crippen LogP contribution in [0, 0.1) is 5.82 Å². The highest BCUT2D eigenvalue weighted by molar-refractivity contribution is 6.01. The van der Waals surface area contributed by atoms with Gasteiger partial charge in [0.05, 0.1) is 0 Å². The largest absolute Gasteiger partial charge is 0.508 e. The van der Waals surface area contributed by atoms with Crippen molar-refractivity contribution in [1.29, 1.82) is 0 Å². The maximum atomic E-state index is 16.4. The number of hydrogen-bond donors (Lipinski definition) is 2. The van der Waals surface area contributed by atoms with Crippen LogP contribution in [0.3, 0.4) is 0 Å². The highest BCUT2D eigenvalue weighted by atomic mass is 19.1. The smallest absolute Gasteiger partial charge is 0.319 e. The number of anilines is 1. The number of likely N-dealkylation sites (tertiary alicyclic amines) is 1. The maximum absolute atomic E-state index is 16.4. The summed E-state index contributed by atoms with van der Waals surface area (Å²) in [7, 11) is 2.11. The van der Waals surface area contributed by atoms with Gasteiger partial charge in [0.2, 0.25) is 0 Å². The zero-order valence-corrected chi connectivity index (χ0v) is 21.5. The van der Waals surface area contributed by atoms with E-state index in [9.17, 15) is 5.11 Å². The number of phenolic OH excluding ortho intramolecular Hbond substituents is 1. The summed E-state index contributed by atoms with van der Waals surface area (Å²) in [6, 6.07) is 16.1. The lowest BCUT2D eigenvalue weighted by atomic mass is 9.96. The molecule has 4 aromatic rings. The fourth-order valence-electron chi connectivity index (χ4n) is 6.49. The summed E-state index contributed by atoms with van der Waals surface area (Å²) < 4.78 is 22.6. The summed E-state index contributed by atoms with van der Waals surface area (Å²) in [5, 5.41) is 16.5. The van der Waals surface area contributed by atoms with E-state index in [1.54, 1.807) is 18.2 Å². The third-order valence-corrected chi connectivity index (χ3v) is 8.50. The lowest BCUT2D eigenvalue weighted by Gasteiger charge is -2.34. The van der Waals surface area contributed by atoms with Crippen molar-refractivity contribution in [2.45, 2.75) is 43.8 Å². The van der Waals surface area contributed by atoms with Crippen LogP contribution in [0.15, 0.2) is 48.5 Å². The van der Waals surface area contributed by atoms with Gasteiger partial charge < -0.3 is 25.0 Å². The first-order valence-corrected chi connectivity index (χ1v) is 13.6. The normalized spacial score (nSPS) is 23.5. The van der Waals surface area contributed by atoms with E-state index in [0.29, 0.717) is 41.2 Å². The Morgan fingerprint density at radius 1 is 1.00 bits per heavy atom. The Hall–Kier alpha value is -3.49. The second-order valence-electron chi connectivity index (χ2n) is 11.0. The molecule has 4 heterocycles. The van der Waals surface area contributed by atoms with Crippen molar-refractivity contribution in [3.8, 4) is 22.9 Å².